The summed E-state index contributed by atoms with van der Waals surface area (Å²) in [7, 11) is 0. The van der Waals surface area contributed by atoms with Gasteiger partial charge in [0, 0.05) is 25.6 Å². The number of rotatable bonds is 20. The van der Waals surface area contributed by atoms with Crippen LogP contribution in [0.15, 0.2) is 48.4 Å². The van der Waals surface area contributed by atoms with Crippen molar-refractivity contribution in [1.82, 2.24) is 10.6 Å². The topological polar surface area (TPSA) is 95.1 Å². The molecular weight excluding hydrogens is 568 g/mol. The summed E-state index contributed by atoms with van der Waals surface area (Å²) in [6.45, 7) is 23.6. The second-order valence-electron chi connectivity index (χ2n) is 10.0. The monoisotopic (exact) mass is 630 g/mol. The molecule has 1 unspecified atom stereocenters. The van der Waals surface area contributed by atoms with Gasteiger partial charge in [0.15, 0.2) is 11.7 Å². The van der Waals surface area contributed by atoms with Crippen molar-refractivity contribution in [3.8, 4) is 0 Å². The highest BCUT2D eigenvalue weighted by Crippen LogP contribution is 2.46. The molecule has 1 atom stereocenters. The average molecular weight is 631 g/mol. The summed E-state index contributed by atoms with van der Waals surface area (Å²) in [5.41, 5.74) is 6.89. The molecule has 0 radical (unpaired) electrons. The zero-order valence-corrected chi connectivity index (χ0v) is 29.5. The molecule has 0 fully saturated rings. The van der Waals surface area contributed by atoms with Crippen LogP contribution in [0, 0.1) is 6.92 Å². The van der Waals surface area contributed by atoms with Crippen molar-refractivity contribution in [3.05, 3.63) is 65.1 Å². The minimum absolute atomic E-state index is 0.0256. The molecule has 2 N–H and O–H groups in total. The normalized spacial score (nSPS) is 13.9. The summed E-state index contributed by atoms with van der Waals surface area (Å²) in [6, 6.07) is 6.73. The molecule has 1 amide bonds. The van der Waals surface area contributed by atoms with Crippen molar-refractivity contribution >= 4 is 17.3 Å². The van der Waals surface area contributed by atoms with Gasteiger partial charge in [-0.3, -0.25) is 9.59 Å². The third-order valence-corrected chi connectivity index (χ3v) is 6.68. The van der Waals surface area contributed by atoms with Crippen LogP contribution in [-0.4, -0.2) is 71.0 Å². The highest BCUT2D eigenvalue weighted by Gasteiger charge is 2.31. The zero-order chi connectivity index (χ0) is 33.9. The molecule has 0 saturated carbocycles. The Balaban J connectivity index is 0.00000304. The smallest absolute Gasteiger partial charge is 0.246 e. The lowest BCUT2D eigenvalue weighted by molar-refractivity contribution is -0.129. The molecule has 0 aromatic heterocycles. The molecule has 1 aromatic rings. The lowest BCUT2D eigenvalue weighted by atomic mass is 9.93. The number of ketones is 1. The van der Waals surface area contributed by atoms with Crippen molar-refractivity contribution in [2.45, 2.75) is 93.4 Å². The SMILES string of the molecule is C=C(NCCOCCOCCCCCNC(=O)COCC(C)=O)OCC1C2=C(CCC=C2)c2cc(C)ccc21.CC.CC.CC. The summed E-state index contributed by atoms with van der Waals surface area (Å²) in [5.74, 6) is 0.524. The van der Waals surface area contributed by atoms with Crippen LogP contribution in [0.3, 0.4) is 0 Å². The highest BCUT2D eigenvalue weighted by molar-refractivity contribution is 5.82. The number of nitrogens with one attached hydrogen (secondary N) is 2. The average Bonchev–Trinajstić information content (AvgIpc) is 3.37. The number of Topliss-reactive ketones (excluding diaryl/α,β-unsaturated/α-hetero) is 1. The Hall–Kier alpha value is -2.94. The molecule has 8 heteroatoms. The van der Waals surface area contributed by atoms with Crippen LogP contribution in [0.1, 0.15) is 103 Å². The van der Waals surface area contributed by atoms with Crippen molar-refractivity contribution in [3.63, 3.8) is 0 Å². The van der Waals surface area contributed by atoms with Gasteiger partial charge in [-0.2, -0.15) is 0 Å². The standard InChI is InChI=1S/C31H44N2O6.3C2H6/c1-23-11-12-28-29(19-23)26-9-5-6-10-27(26)30(28)21-39-25(3)32-14-16-37-18-17-36-15-8-4-7-13-33-31(35)22-38-20-24(2)34;3*1-2/h6,10-12,19,30,32H,3-5,7-9,13-18,20-22H2,1-2H3,(H,33,35);3*1-2H3. The Bertz CT molecular complexity index is 1030. The minimum Gasteiger partial charge on any atom is -0.479 e. The van der Waals surface area contributed by atoms with Gasteiger partial charge in [0.25, 0.3) is 0 Å². The number of fused-ring (bicyclic) bond motifs is 2. The van der Waals surface area contributed by atoms with Crippen LogP contribution in [-0.2, 0) is 28.5 Å². The molecule has 2 aliphatic carbocycles. The van der Waals surface area contributed by atoms with Gasteiger partial charge < -0.3 is 29.6 Å². The van der Waals surface area contributed by atoms with Gasteiger partial charge in [0.1, 0.15) is 19.8 Å². The molecule has 2 aliphatic rings. The lowest BCUT2D eigenvalue weighted by Gasteiger charge is -2.19. The Morgan fingerprint density at radius 1 is 0.867 bits per heavy atom. The summed E-state index contributed by atoms with van der Waals surface area (Å²) >= 11 is 0. The maximum absolute atomic E-state index is 11.5. The quantitative estimate of drug-likeness (QED) is 0.116. The van der Waals surface area contributed by atoms with E-state index < -0.39 is 0 Å². The Morgan fingerprint density at radius 2 is 1.58 bits per heavy atom. The molecule has 45 heavy (non-hydrogen) atoms. The number of amides is 1. The van der Waals surface area contributed by atoms with E-state index in [1.165, 1.54) is 34.8 Å². The van der Waals surface area contributed by atoms with Crippen molar-refractivity contribution in [2.75, 3.05) is 59.3 Å². The number of carbonyl (C=O) groups is 2. The summed E-state index contributed by atoms with van der Waals surface area (Å²) in [5, 5.41) is 5.97. The van der Waals surface area contributed by atoms with Crippen molar-refractivity contribution in [1.29, 1.82) is 0 Å². The van der Waals surface area contributed by atoms with E-state index in [4.69, 9.17) is 18.9 Å². The number of allylic oxidation sites excluding steroid dienone is 3. The first-order valence-corrected chi connectivity index (χ1v) is 17.0. The van der Waals surface area contributed by atoms with Crippen LogP contribution < -0.4 is 10.6 Å². The van der Waals surface area contributed by atoms with Crippen LogP contribution in [0.4, 0.5) is 0 Å². The number of hydrogen-bond donors (Lipinski definition) is 2. The van der Waals surface area contributed by atoms with E-state index in [1.54, 1.807) is 0 Å². The van der Waals surface area contributed by atoms with Gasteiger partial charge in [-0.25, -0.2) is 0 Å². The first-order valence-electron chi connectivity index (χ1n) is 17.0. The summed E-state index contributed by atoms with van der Waals surface area (Å²) < 4.78 is 22.2. The minimum atomic E-state index is -0.197. The first-order chi connectivity index (χ1) is 22.0. The van der Waals surface area contributed by atoms with E-state index in [2.05, 4.69) is 54.5 Å². The van der Waals surface area contributed by atoms with Gasteiger partial charge in [0.05, 0.1) is 19.8 Å². The number of hydrogen-bond acceptors (Lipinski definition) is 7. The molecule has 1 aromatic carbocycles. The fourth-order valence-electron chi connectivity index (χ4n) is 4.77. The van der Waals surface area contributed by atoms with E-state index in [0.717, 1.165) is 32.1 Å². The molecule has 3 rings (SSSR count). The second-order valence-corrected chi connectivity index (χ2v) is 10.0. The van der Waals surface area contributed by atoms with Crippen LogP contribution in [0.25, 0.3) is 5.57 Å². The Morgan fingerprint density at radius 3 is 2.29 bits per heavy atom. The predicted octanol–water partition coefficient (Wildman–Crippen LogP) is 7.28. The van der Waals surface area contributed by atoms with E-state index in [0.29, 0.717) is 52.0 Å². The van der Waals surface area contributed by atoms with Crippen molar-refractivity contribution < 1.29 is 28.5 Å². The second kappa shape index (κ2) is 27.4. The summed E-state index contributed by atoms with van der Waals surface area (Å²) in [4.78, 5) is 22.3. The molecule has 0 aliphatic heterocycles. The number of carbonyl (C=O) groups excluding carboxylic acids is 2. The Labute approximate surface area is 274 Å². The first kappa shape index (κ1) is 42.1. The number of aryl methyl sites for hydroxylation is 1. The fourth-order valence-corrected chi connectivity index (χ4v) is 4.77. The number of benzene rings is 1. The molecule has 0 bridgehead atoms. The Kier molecular flexibility index (Phi) is 25.6. The van der Waals surface area contributed by atoms with E-state index in [1.807, 2.05) is 41.5 Å². The zero-order valence-electron chi connectivity index (χ0n) is 29.5. The van der Waals surface area contributed by atoms with Crippen LogP contribution in [0.5, 0.6) is 0 Å². The summed E-state index contributed by atoms with van der Waals surface area (Å²) in [6.07, 6.45) is 9.49. The molecule has 0 saturated heterocycles. The van der Waals surface area contributed by atoms with E-state index in [9.17, 15) is 9.59 Å². The maximum Gasteiger partial charge on any atom is 0.246 e. The van der Waals surface area contributed by atoms with E-state index in [-0.39, 0.29) is 30.8 Å². The lowest BCUT2D eigenvalue weighted by Crippen LogP contribution is -2.29. The molecule has 0 spiro atoms. The molecule has 8 nitrogen and oxygen atoms in total. The van der Waals surface area contributed by atoms with Crippen LogP contribution >= 0.6 is 0 Å². The third-order valence-electron chi connectivity index (χ3n) is 6.68. The van der Waals surface area contributed by atoms with Gasteiger partial charge in [-0.05, 0) is 74.8 Å². The van der Waals surface area contributed by atoms with Crippen molar-refractivity contribution in [2.24, 2.45) is 0 Å². The molecular formula is C37H62N2O6. The largest absolute Gasteiger partial charge is 0.479 e. The predicted molar refractivity (Wildman–Crippen MR) is 186 cm³/mol. The van der Waals surface area contributed by atoms with Gasteiger partial charge in [0.2, 0.25) is 5.91 Å². The molecule has 0 heterocycles. The molecule has 256 valence electrons. The van der Waals surface area contributed by atoms with Gasteiger partial charge >= 0.3 is 0 Å². The van der Waals surface area contributed by atoms with Gasteiger partial charge in [-0.1, -0.05) is 77.5 Å². The maximum atomic E-state index is 11.5. The van der Waals surface area contributed by atoms with Gasteiger partial charge in [-0.15, -0.1) is 0 Å². The van der Waals surface area contributed by atoms with E-state index >= 15 is 0 Å². The number of unbranched alkanes of at least 4 members (excludes halogenated alkanes) is 2. The number of ether oxygens (including phenoxy) is 4. The van der Waals surface area contributed by atoms with Crippen LogP contribution in [0.2, 0.25) is 0 Å². The fraction of sp³-hybridized carbons (Fsp3) is 0.622. The third kappa shape index (κ3) is 17.4. The highest BCUT2D eigenvalue weighted by atomic mass is 16.5.